The van der Waals surface area contributed by atoms with E-state index in [1.54, 1.807) is 0 Å². The van der Waals surface area contributed by atoms with E-state index in [4.69, 9.17) is 0 Å². The van der Waals surface area contributed by atoms with Crippen LogP contribution in [0.15, 0.2) is 0 Å². The fourth-order valence-electron chi connectivity index (χ4n) is 8.05. The van der Waals surface area contributed by atoms with E-state index >= 15 is 0 Å². The van der Waals surface area contributed by atoms with Gasteiger partial charge >= 0.3 is 0 Å². The summed E-state index contributed by atoms with van der Waals surface area (Å²) in [5.74, 6) is 2.40. The molecule has 6 aliphatic rings. The Balaban J connectivity index is 0.00000181. The first-order chi connectivity index (χ1) is 13.4. The summed E-state index contributed by atoms with van der Waals surface area (Å²) in [4.78, 5) is 15.5. The molecule has 5 aliphatic carbocycles. The van der Waals surface area contributed by atoms with Crippen molar-refractivity contribution in [2.75, 3.05) is 13.1 Å². The number of nitrogens with zero attached hydrogens (tertiary/aromatic N) is 4. The molecule has 29 heavy (non-hydrogen) atoms. The predicted octanol–water partition coefficient (Wildman–Crippen LogP) is 2.35. The van der Waals surface area contributed by atoms with Gasteiger partial charge in [-0.05, 0) is 100 Å². The summed E-state index contributed by atoms with van der Waals surface area (Å²) in [6.45, 7) is 6.23. The molecule has 4 bridgehead atoms. The Morgan fingerprint density at radius 3 is 2.45 bits per heavy atom. The van der Waals surface area contributed by atoms with Crippen LogP contribution in [0.5, 0.6) is 0 Å². The van der Waals surface area contributed by atoms with Gasteiger partial charge in [-0.2, -0.15) is 4.80 Å². The summed E-state index contributed by atoms with van der Waals surface area (Å²) in [5.41, 5.74) is -0.0431. The first-order valence-corrected chi connectivity index (χ1v) is 11.2. The molecule has 7 nitrogen and oxygen atoms in total. The second kappa shape index (κ2) is 6.16. The van der Waals surface area contributed by atoms with Crippen LogP contribution < -0.4 is 10.6 Å². The van der Waals surface area contributed by atoms with Crippen LogP contribution in [0.1, 0.15) is 70.5 Å². The molecular formula is C21H33ClN6O. The Hall–Kier alpha value is -1.21. The van der Waals surface area contributed by atoms with E-state index in [9.17, 15) is 4.79 Å². The number of amides is 1. The summed E-state index contributed by atoms with van der Waals surface area (Å²) in [7, 11) is 0. The third kappa shape index (κ3) is 2.72. The number of aromatic nitrogens is 4. The summed E-state index contributed by atoms with van der Waals surface area (Å²) in [6.07, 6.45) is 10.2. The van der Waals surface area contributed by atoms with Crippen molar-refractivity contribution in [3.05, 3.63) is 5.82 Å². The van der Waals surface area contributed by atoms with Crippen LogP contribution in [0, 0.1) is 29.6 Å². The molecule has 8 heteroatoms. The second-order valence-corrected chi connectivity index (χ2v) is 11.1. The number of nitrogens with one attached hydrogen (secondary N) is 2. The van der Waals surface area contributed by atoms with Crippen LogP contribution in [-0.2, 0) is 10.3 Å². The molecule has 1 aromatic rings. The first-order valence-electron chi connectivity index (χ1n) is 11.2. The minimum Gasteiger partial charge on any atom is -0.350 e. The smallest absolute Gasteiger partial charge is 0.226 e. The van der Waals surface area contributed by atoms with E-state index in [1.807, 2.05) is 11.7 Å². The van der Waals surface area contributed by atoms with Crippen LogP contribution in [0.4, 0.5) is 0 Å². The normalized spacial score (nSPS) is 43.8. The highest BCUT2D eigenvalue weighted by atomic mass is 35.5. The summed E-state index contributed by atoms with van der Waals surface area (Å²) >= 11 is 0. The molecule has 2 N–H and O–H groups in total. The van der Waals surface area contributed by atoms with E-state index in [-0.39, 0.29) is 34.3 Å². The zero-order chi connectivity index (χ0) is 19.2. The number of hydrogen-bond acceptors (Lipinski definition) is 5. The highest BCUT2D eigenvalue weighted by Crippen LogP contribution is 2.69. The Kier molecular flexibility index (Phi) is 4.19. The largest absolute Gasteiger partial charge is 0.350 e. The first kappa shape index (κ1) is 19.7. The molecule has 1 aromatic heterocycles. The lowest BCUT2D eigenvalue weighted by atomic mass is 9.50. The summed E-state index contributed by atoms with van der Waals surface area (Å²) in [5, 5.41) is 20.3. The van der Waals surface area contributed by atoms with Crippen molar-refractivity contribution < 1.29 is 4.79 Å². The molecule has 5 saturated carbocycles. The van der Waals surface area contributed by atoms with E-state index < -0.39 is 0 Å². The van der Waals surface area contributed by atoms with Gasteiger partial charge in [-0.1, -0.05) is 6.92 Å². The maximum absolute atomic E-state index is 13.5. The minimum atomic E-state index is -0.173. The van der Waals surface area contributed by atoms with Crippen molar-refractivity contribution >= 4 is 18.3 Å². The van der Waals surface area contributed by atoms with Gasteiger partial charge in [-0.25, -0.2) is 0 Å². The Bertz CT molecular complexity index is 819. The van der Waals surface area contributed by atoms with Crippen molar-refractivity contribution in [3.8, 4) is 0 Å². The number of rotatable bonds is 3. The fourth-order valence-corrected chi connectivity index (χ4v) is 8.05. The third-order valence-electron chi connectivity index (χ3n) is 9.15. The van der Waals surface area contributed by atoms with Crippen molar-refractivity contribution in [3.63, 3.8) is 0 Å². The molecule has 0 radical (unpaired) electrons. The zero-order valence-electron chi connectivity index (χ0n) is 17.5. The lowest BCUT2D eigenvalue weighted by Gasteiger charge is -2.61. The Morgan fingerprint density at radius 1 is 1.14 bits per heavy atom. The molecule has 6 fully saturated rings. The molecule has 160 valence electrons. The van der Waals surface area contributed by atoms with Gasteiger partial charge < -0.3 is 10.6 Å². The molecule has 2 heterocycles. The van der Waals surface area contributed by atoms with Crippen molar-refractivity contribution in [1.29, 1.82) is 0 Å². The molecule has 7 rings (SSSR count). The molecule has 3 atom stereocenters. The van der Waals surface area contributed by atoms with Crippen LogP contribution in [-0.4, -0.2) is 44.7 Å². The van der Waals surface area contributed by atoms with E-state index in [0.29, 0.717) is 17.7 Å². The van der Waals surface area contributed by atoms with Crippen LogP contribution >= 0.6 is 12.4 Å². The molecule has 1 aliphatic heterocycles. The monoisotopic (exact) mass is 420 g/mol. The highest BCUT2D eigenvalue weighted by Gasteiger charge is 2.69. The van der Waals surface area contributed by atoms with Gasteiger partial charge in [0.05, 0.1) is 11.0 Å². The molecule has 1 saturated heterocycles. The van der Waals surface area contributed by atoms with Gasteiger partial charge in [0.25, 0.3) is 0 Å². The van der Waals surface area contributed by atoms with E-state index in [1.165, 1.54) is 6.42 Å². The van der Waals surface area contributed by atoms with Crippen LogP contribution in [0.25, 0.3) is 0 Å². The standard InChI is InChI=1S/C21H32N6O.ClH/c1-14-24-26-27(25-14)21-10-15-7-16(11-21)9-20(8-15,13-21)23-17(28)18(2)12-19(18)3-5-22-6-4-19;/h15-16,22H,3-13H2,1-2H3,(H,23,28);1H. The van der Waals surface area contributed by atoms with E-state index in [2.05, 4.69) is 33.0 Å². The third-order valence-corrected chi connectivity index (χ3v) is 9.15. The predicted molar refractivity (Wildman–Crippen MR) is 111 cm³/mol. The zero-order valence-corrected chi connectivity index (χ0v) is 18.4. The molecule has 1 amide bonds. The number of tetrazole rings is 1. The van der Waals surface area contributed by atoms with Crippen LogP contribution in [0.2, 0.25) is 0 Å². The van der Waals surface area contributed by atoms with Crippen molar-refractivity contribution in [2.45, 2.75) is 82.7 Å². The van der Waals surface area contributed by atoms with Gasteiger partial charge in [0.15, 0.2) is 5.82 Å². The number of carbonyl (C=O) groups is 1. The topological polar surface area (TPSA) is 84.7 Å². The fraction of sp³-hybridized carbons (Fsp3) is 0.905. The highest BCUT2D eigenvalue weighted by molar-refractivity contribution is 5.87. The minimum absolute atomic E-state index is 0. The lowest BCUT2D eigenvalue weighted by molar-refractivity contribution is -0.137. The van der Waals surface area contributed by atoms with Gasteiger partial charge in [0.2, 0.25) is 5.91 Å². The van der Waals surface area contributed by atoms with Gasteiger partial charge in [-0.3, -0.25) is 4.79 Å². The number of halogens is 1. The number of aryl methyl sites for hydroxylation is 1. The SMILES string of the molecule is Cc1nnn(C23CC4CC(CC(NC(=O)C5(C)CC56CCNCC6)(C4)C2)C3)n1.Cl. The van der Waals surface area contributed by atoms with Gasteiger partial charge in [0, 0.05) is 5.54 Å². The maximum atomic E-state index is 13.5. The Labute approximate surface area is 178 Å². The maximum Gasteiger partial charge on any atom is 0.226 e. The molecule has 1 spiro atoms. The Morgan fingerprint density at radius 2 is 1.83 bits per heavy atom. The number of piperidine rings is 1. The summed E-state index contributed by atoms with van der Waals surface area (Å²) < 4.78 is 0. The number of hydrogen-bond donors (Lipinski definition) is 2. The van der Waals surface area contributed by atoms with Crippen molar-refractivity contribution in [2.24, 2.45) is 22.7 Å². The number of carbonyl (C=O) groups excluding carboxylic acids is 1. The van der Waals surface area contributed by atoms with Gasteiger partial charge in [0.1, 0.15) is 0 Å². The molecule has 0 aromatic carbocycles. The molecule has 3 unspecified atom stereocenters. The average Bonchev–Trinajstić information content (AvgIpc) is 2.97. The van der Waals surface area contributed by atoms with Crippen LogP contribution in [0.3, 0.4) is 0 Å². The van der Waals surface area contributed by atoms with E-state index in [0.717, 1.165) is 70.3 Å². The lowest BCUT2D eigenvalue weighted by Crippen LogP contribution is -2.66. The van der Waals surface area contributed by atoms with Crippen molar-refractivity contribution in [1.82, 2.24) is 30.8 Å². The average molecular weight is 421 g/mol. The molecular weight excluding hydrogens is 388 g/mol. The second-order valence-electron chi connectivity index (χ2n) is 11.1. The summed E-state index contributed by atoms with van der Waals surface area (Å²) in [6, 6.07) is 0. The quantitative estimate of drug-likeness (QED) is 0.784. The van der Waals surface area contributed by atoms with Gasteiger partial charge in [-0.15, -0.1) is 22.6 Å².